The van der Waals surface area contributed by atoms with E-state index in [4.69, 9.17) is 25.7 Å². The average Bonchev–Trinajstić information content (AvgIpc) is 3.60. The van der Waals surface area contributed by atoms with Crippen LogP contribution in [-0.4, -0.2) is 49.5 Å². The summed E-state index contributed by atoms with van der Waals surface area (Å²) in [7, 11) is 4.48. The van der Waals surface area contributed by atoms with Gasteiger partial charge in [0.1, 0.15) is 16.7 Å². The number of methoxy groups -OCH3 is 3. The molecule has 1 atom stereocenters. The molecule has 12 heteroatoms. The molecule has 1 aliphatic rings. The molecule has 1 saturated carbocycles. The Morgan fingerprint density at radius 2 is 1.65 bits per heavy atom. The molecular weight excluding hydrogens is 534 g/mol. The van der Waals surface area contributed by atoms with E-state index in [2.05, 4.69) is 9.69 Å². The lowest BCUT2D eigenvalue weighted by Gasteiger charge is -2.33. The predicted octanol–water partition coefficient (Wildman–Crippen LogP) is 3.61. The molecule has 3 amide bonds. The second-order valence-electron chi connectivity index (χ2n) is 9.50. The first kappa shape index (κ1) is 28.7. The summed E-state index contributed by atoms with van der Waals surface area (Å²) in [5, 5.41) is 3.13. The Kier molecular flexibility index (Phi) is 8.78. The maximum atomic E-state index is 14.4. The maximum Gasteiger partial charge on any atom is 0.273 e. The molecule has 1 aliphatic carbocycles. The largest absolute Gasteiger partial charge is 0.495 e. The summed E-state index contributed by atoms with van der Waals surface area (Å²) in [6.07, 6.45) is 3.70. The first-order valence-corrected chi connectivity index (χ1v) is 13.5. The molecule has 0 aliphatic heterocycles. The number of amides is 3. The van der Waals surface area contributed by atoms with Gasteiger partial charge in [-0.3, -0.25) is 19.3 Å². The van der Waals surface area contributed by atoms with Crippen molar-refractivity contribution in [3.8, 4) is 17.2 Å². The van der Waals surface area contributed by atoms with Gasteiger partial charge in [0.2, 0.25) is 5.91 Å². The number of nitrogens with two attached hydrogens (primary N) is 2. The second-order valence-corrected chi connectivity index (χ2v) is 10.3. The van der Waals surface area contributed by atoms with Gasteiger partial charge in [-0.1, -0.05) is 25.0 Å². The van der Waals surface area contributed by atoms with E-state index in [0.29, 0.717) is 28.5 Å². The normalized spacial score (nSPS) is 13.9. The molecule has 1 aromatic heterocycles. The van der Waals surface area contributed by atoms with Crippen molar-refractivity contribution < 1.29 is 28.6 Å². The number of carbonyl (C=O) groups is 3. The molecule has 0 radical (unpaired) electrons. The number of ether oxygens (including phenoxy) is 3. The number of hydrogen-bond acceptors (Lipinski definition) is 9. The van der Waals surface area contributed by atoms with Crippen LogP contribution in [0.15, 0.2) is 36.4 Å². The Morgan fingerprint density at radius 3 is 2.25 bits per heavy atom. The summed E-state index contributed by atoms with van der Waals surface area (Å²) in [4.78, 5) is 41.7. The van der Waals surface area contributed by atoms with Crippen molar-refractivity contribution in [1.82, 2.24) is 9.69 Å². The standard InChI is InChI=1S/C28H33N5O6S/c1-15-9-11-19(37-2)18(13-15)33(28(36)25-22(29)23(26(30)34)32-40-25)24(27(35)31-17-7-5-6-8-17)16-10-12-20(38-3)21(14-16)39-4/h9-14,17,24H,5-8,29H2,1-4H3,(H2,30,34)(H,31,35)/t24-/m0/s1. The number of carbonyl (C=O) groups excluding carboxylic acids is 3. The number of anilines is 2. The van der Waals surface area contributed by atoms with Gasteiger partial charge >= 0.3 is 0 Å². The van der Waals surface area contributed by atoms with E-state index in [1.54, 1.807) is 30.3 Å². The monoisotopic (exact) mass is 567 g/mol. The Bertz CT molecular complexity index is 1420. The van der Waals surface area contributed by atoms with Gasteiger partial charge in [0.25, 0.3) is 11.8 Å². The van der Waals surface area contributed by atoms with E-state index in [0.717, 1.165) is 42.8 Å². The topological polar surface area (TPSA) is 159 Å². The third kappa shape index (κ3) is 5.67. The molecule has 40 heavy (non-hydrogen) atoms. The van der Waals surface area contributed by atoms with Crippen LogP contribution in [0.1, 0.15) is 63.0 Å². The quantitative estimate of drug-likeness (QED) is 0.335. The fraction of sp³-hybridized carbons (Fsp3) is 0.357. The molecule has 0 bridgehead atoms. The van der Waals surface area contributed by atoms with Crippen LogP contribution < -0.4 is 35.9 Å². The highest BCUT2D eigenvalue weighted by atomic mass is 32.1. The van der Waals surface area contributed by atoms with E-state index in [1.165, 1.54) is 26.2 Å². The van der Waals surface area contributed by atoms with Gasteiger partial charge in [0.15, 0.2) is 17.2 Å². The lowest BCUT2D eigenvalue weighted by atomic mass is 10.0. The van der Waals surface area contributed by atoms with Gasteiger partial charge in [-0.15, -0.1) is 0 Å². The van der Waals surface area contributed by atoms with Gasteiger partial charge in [-0.05, 0) is 66.7 Å². The van der Waals surface area contributed by atoms with Crippen molar-refractivity contribution in [1.29, 1.82) is 0 Å². The zero-order valence-corrected chi connectivity index (χ0v) is 23.7. The summed E-state index contributed by atoms with van der Waals surface area (Å²) >= 11 is 0.740. The number of nitrogen functional groups attached to an aromatic ring is 1. The first-order valence-electron chi connectivity index (χ1n) is 12.8. The van der Waals surface area contributed by atoms with E-state index >= 15 is 0 Å². The van der Waals surface area contributed by atoms with Crippen LogP contribution in [0.4, 0.5) is 11.4 Å². The molecule has 0 saturated heterocycles. The molecule has 4 rings (SSSR count). The molecule has 11 nitrogen and oxygen atoms in total. The van der Waals surface area contributed by atoms with Crippen LogP contribution in [0.25, 0.3) is 0 Å². The highest BCUT2D eigenvalue weighted by Gasteiger charge is 2.38. The van der Waals surface area contributed by atoms with Crippen molar-refractivity contribution in [3.05, 3.63) is 58.1 Å². The summed E-state index contributed by atoms with van der Waals surface area (Å²) in [5.41, 5.74) is 12.9. The van der Waals surface area contributed by atoms with Crippen molar-refractivity contribution in [2.24, 2.45) is 5.73 Å². The smallest absolute Gasteiger partial charge is 0.273 e. The zero-order chi connectivity index (χ0) is 29.0. The molecular formula is C28H33N5O6S. The van der Waals surface area contributed by atoms with E-state index in [9.17, 15) is 14.4 Å². The fourth-order valence-corrected chi connectivity index (χ4v) is 5.63. The van der Waals surface area contributed by atoms with Crippen LogP contribution in [0.3, 0.4) is 0 Å². The molecule has 5 N–H and O–H groups in total. The Labute approximate surface area is 236 Å². The van der Waals surface area contributed by atoms with Gasteiger partial charge < -0.3 is 31.0 Å². The number of primary amides is 1. The van der Waals surface area contributed by atoms with Gasteiger partial charge in [0.05, 0.1) is 32.7 Å². The van der Waals surface area contributed by atoms with Crippen LogP contribution in [0.5, 0.6) is 17.2 Å². The van der Waals surface area contributed by atoms with E-state index < -0.39 is 23.8 Å². The third-order valence-electron chi connectivity index (χ3n) is 6.90. The summed E-state index contributed by atoms with van der Waals surface area (Å²) < 4.78 is 20.6. The minimum absolute atomic E-state index is 0.0264. The fourth-order valence-electron chi connectivity index (χ4n) is 4.88. The maximum absolute atomic E-state index is 14.4. The molecule has 0 spiro atoms. The lowest BCUT2D eigenvalue weighted by molar-refractivity contribution is -0.123. The Balaban J connectivity index is 1.96. The number of hydrogen-bond donors (Lipinski definition) is 3. The highest BCUT2D eigenvalue weighted by Crippen LogP contribution is 2.40. The number of aromatic nitrogens is 1. The average molecular weight is 568 g/mol. The molecule has 1 heterocycles. The van der Waals surface area contributed by atoms with E-state index in [1.807, 2.05) is 13.0 Å². The molecule has 3 aromatic rings. The van der Waals surface area contributed by atoms with Crippen molar-refractivity contribution >= 4 is 40.6 Å². The van der Waals surface area contributed by atoms with Crippen molar-refractivity contribution in [2.45, 2.75) is 44.7 Å². The van der Waals surface area contributed by atoms with Gasteiger partial charge in [-0.2, -0.15) is 4.37 Å². The molecule has 212 valence electrons. The van der Waals surface area contributed by atoms with Crippen LogP contribution >= 0.6 is 11.5 Å². The van der Waals surface area contributed by atoms with E-state index in [-0.39, 0.29) is 22.3 Å². The summed E-state index contributed by atoms with van der Waals surface area (Å²) in [6.45, 7) is 1.86. The SMILES string of the molecule is COc1ccc([C@@H](C(=O)NC2CCCC2)N(C(=O)c2snc(C(N)=O)c2N)c2cc(C)ccc2OC)cc1OC. The lowest BCUT2D eigenvalue weighted by Crippen LogP contribution is -2.46. The predicted molar refractivity (Wildman–Crippen MR) is 152 cm³/mol. The Morgan fingerprint density at radius 1 is 1.00 bits per heavy atom. The number of aryl methyl sites for hydroxylation is 1. The number of rotatable bonds is 10. The first-order chi connectivity index (χ1) is 19.2. The minimum atomic E-state index is -1.18. The van der Waals surface area contributed by atoms with Crippen molar-refractivity contribution in [2.75, 3.05) is 32.0 Å². The Hall–Kier alpha value is -4.32. The van der Waals surface area contributed by atoms with Crippen LogP contribution in [0, 0.1) is 6.92 Å². The number of benzene rings is 2. The van der Waals surface area contributed by atoms with Crippen LogP contribution in [0.2, 0.25) is 0 Å². The van der Waals surface area contributed by atoms with Gasteiger partial charge in [-0.25, -0.2) is 0 Å². The second kappa shape index (κ2) is 12.2. The number of nitrogens with one attached hydrogen (secondary N) is 1. The van der Waals surface area contributed by atoms with Gasteiger partial charge in [0, 0.05) is 6.04 Å². The number of nitrogens with zero attached hydrogens (tertiary/aromatic N) is 2. The zero-order valence-electron chi connectivity index (χ0n) is 22.9. The van der Waals surface area contributed by atoms with Crippen molar-refractivity contribution in [3.63, 3.8) is 0 Å². The summed E-state index contributed by atoms with van der Waals surface area (Å²) in [6, 6.07) is 9.13. The van der Waals surface area contributed by atoms with Crippen LogP contribution in [-0.2, 0) is 4.79 Å². The third-order valence-corrected chi connectivity index (χ3v) is 7.75. The molecule has 1 fully saturated rings. The molecule has 2 aromatic carbocycles. The summed E-state index contributed by atoms with van der Waals surface area (Å²) in [5.74, 6) is -0.693. The minimum Gasteiger partial charge on any atom is -0.495 e. The highest BCUT2D eigenvalue weighted by molar-refractivity contribution is 7.09. The molecule has 0 unspecified atom stereocenters.